The molecule has 144 valence electrons. The molecule has 1 heterocycles. The van der Waals surface area contributed by atoms with E-state index in [9.17, 15) is 18.0 Å². The number of piperazine rings is 1. The number of carbonyl (C=O) groups excluding carboxylic acids is 1. The first-order valence-electron chi connectivity index (χ1n) is 8.80. The zero-order chi connectivity index (χ0) is 19.4. The summed E-state index contributed by atoms with van der Waals surface area (Å²) >= 11 is 0. The molecule has 1 saturated heterocycles. The molecule has 2 aromatic carbocycles. The second-order valence-electron chi connectivity index (χ2n) is 6.52. The molecule has 0 aromatic heterocycles. The molecule has 0 spiro atoms. The molecule has 27 heavy (non-hydrogen) atoms. The topological polar surface area (TPSA) is 32.8 Å². The normalized spacial score (nSPS) is 15.0. The van der Waals surface area contributed by atoms with Crippen molar-refractivity contribution in [1.82, 2.24) is 9.80 Å². The zero-order valence-electron chi connectivity index (χ0n) is 15.1. The number of amides is 1. The van der Waals surface area contributed by atoms with Gasteiger partial charge in [0.2, 0.25) is 0 Å². The third kappa shape index (κ3) is 4.60. The van der Waals surface area contributed by atoms with Gasteiger partial charge in [0.15, 0.2) is 17.5 Å². The minimum Gasteiger partial charge on any atom is -0.492 e. The van der Waals surface area contributed by atoms with E-state index in [0.717, 1.165) is 17.9 Å². The quantitative estimate of drug-likeness (QED) is 0.749. The molecular formula is C20H21F3N2O2. The molecule has 0 aliphatic carbocycles. The van der Waals surface area contributed by atoms with Crippen LogP contribution in [0.3, 0.4) is 0 Å². The van der Waals surface area contributed by atoms with Gasteiger partial charge in [-0.05, 0) is 31.2 Å². The number of hydrogen-bond donors (Lipinski definition) is 0. The van der Waals surface area contributed by atoms with Gasteiger partial charge >= 0.3 is 0 Å². The maximum Gasteiger partial charge on any atom is 0.257 e. The van der Waals surface area contributed by atoms with Crippen LogP contribution in [0, 0.1) is 24.4 Å². The molecule has 3 rings (SSSR count). The molecule has 1 aliphatic rings. The van der Waals surface area contributed by atoms with E-state index >= 15 is 0 Å². The van der Waals surface area contributed by atoms with Gasteiger partial charge in [0.1, 0.15) is 12.4 Å². The van der Waals surface area contributed by atoms with Crippen LogP contribution in [0.5, 0.6) is 5.75 Å². The molecule has 0 atom stereocenters. The van der Waals surface area contributed by atoms with Crippen molar-refractivity contribution >= 4 is 5.91 Å². The summed E-state index contributed by atoms with van der Waals surface area (Å²) in [6, 6.07) is 9.56. The Bertz CT molecular complexity index is 804. The number of nitrogens with zero attached hydrogens (tertiary/aromatic N) is 2. The number of aryl methyl sites for hydroxylation is 1. The second-order valence-corrected chi connectivity index (χ2v) is 6.52. The summed E-state index contributed by atoms with van der Waals surface area (Å²) in [5.74, 6) is -4.17. The molecule has 1 amide bonds. The number of ether oxygens (including phenoxy) is 1. The molecule has 2 aromatic rings. The van der Waals surface area contributed by atoms with E-state index in [1.54, 1.807) is 0 Å². The Morgan fingerprint density at radius 2 is 1.63 bits per heavy atom. The van der Waals surface area contributed by atoms with Crippen LogP contribution in [0.2, 0.25) is 0 Å². The molecule has 1 aliphatic heterocycles. The van der Waals surface area contributed by atoms with E-state index in [0.29, 0.717) is 39.3 Å². The first-order valence-corrected chi connectivity index (χ1v) is 8.80. The predicted octanol–water partition coefficient (Wildman–Crippen LogP) is 3.25. The number of halogens is 3. The zero-order valence-corrected chi connectivity index (χ0v) is 15.1. The lowest BCUT2D eigenvalue weighted by atomic mass is 10.1. The Balaban J connectivity index is 1.48. The largest absolute Gasteiger partial charge is 0.492 e. The van der Waals surface area contributed by atoms with Gasteiger partial charge in [-0.15, -0.1) is 0 Å². The Kier molecular flexibility index (Phi) is 6.01. The van der Waals surface area contributed by atoms with Crippen LogP contribution >= 0.6 is 0 Å². The first-order chi connectivity index (χ1) is 13.0. The Morgan fingerprint density at radius 1 is 0.963 bits per heavy atom. The molecule has 0 radical (unpaired) electrons. The van der Waals surface area contributed by atoms with E-state index in [1.165, 1.54) is 10.5 Å². The van der Waals surface area contributed by atoms with Gasteiger partial charge in [-0.1, -0.05) is 17.7 Å². The Labute approximate surface area is 156 Å². The predicted molar refractivity (Wildman–Crippen MR) is 95.3 cm³/mol. The van der Waals surface area contributed by atoms with E-state index in [-0.39, 0.29) is 0 Å². The van der Waals surface area contributed by atoms with Crippen LogP contribution in [0.4, 0.5) is 13.2 Å². The summed E-state index contributed by atoms with van der Waals surface area (Å²) in [5, 5.41) is 0. The van der Waals surface area contributed by atoms with Gasteiger partial charge in [0.25, 0.3) is 5.91 Å². The third-order valence-electron chi connectivity index (χ3n) is 4.62. The van der Waals surface area contributed by atoms with Crippen molar-refractivity contribution < 1.29 is 22.7 Å². The molecule has 0 unspecified atom stereocenters. The molecule has 0 N–H and O–H groups in total. The average molecular weight is 378 g/mol. The summed E-state index contributed by atoms with van der Waals surface area (Å²) in [5.41, 5.74) is 0.727. The first kappa shape index (κ1) is 19.2. The van der Waals surface area contributed by atoms with Gasteiger partial charge < -0.3 is 9.64 Å². The number of carbonyl (C=O) groups is 1. The fraction of sp³-hybridized carbons (Fsp3) is 0.350. The van der Waals surface area contributed by atoms with E-state index in [4.69, 9.17) is 4.74 Å². The standard InChI is InChI=1S/C20H21F3N2O2/c1-14-2-4-15(5-3-14)27-13-12-24-8-10-25(11-9-24)20(26)16-6-7-17(21)19(23)18(16)22/h2-7H,8-13H2,1H3. The fourth-order valence-electron chi connectivity index (χ4n) is 2.96. The SMILES string of the molecule is Cc1ccc(OCCN2CCN(C(=O)c3ccc(F)c(F)c3F)CC2)cc1. The Hall–Kier alpha value is -2.54. The van der Waals surface area contributed by atoms with Crippen LogP contribution < -0.4 is 4.74 Å². The minimum atomic E-state index is -1.62. The molecule has 4 nitrogen and oxygen atoms in total. The molecular weight excluding hydrogens is 357 g/mol. The van der Waals surface area contributed by atoms with E-state index < -0.39 is 28.9 Å². The smallest absolute Gasteiger partial charge is 0.257 e. The van der Waals surface area contributed by atoms with Crippen molar-refractivity contribution in [2.24, 2.45) is 0 Å². The van der Waals surface area contributed by atoms with Gasteiger partial charge in [-0.2, -0.15) is 0 Å². The van der Waals surface area contributed by atoms with Crippen molar-refractivity contribution in [3.63, 3.8) is 0 Å². The van der Waals surface area contributed by atoms with Crippen molar-refractivity contribution in [2.75, 3.05) is 39.3 Å². The number of benzene rings is 2. The molecule has 0 saturated carbocycles. The number of rotatable bonds is 5. The summed E-state index contributed by atoms with van der Waals surface area (Å²) in [6.45, 7) is 5.23. The summed E-state index contributed by atoms with van der Waals surface area (Å²) in [4.78, 5) is 16.0. The molecule has 0 bridgehead atoms. The summed E-state index contributed by atoms with van der Waals surface area (Å²) < 4.78 is 45.9. The van der Waals surface area contributed by atoms with Crippen molar-refractivity contribution in [3.05, 3.63) is 65.0 Å². The number of hydrogen-bond acceptors (Lipinski definition) is 3. The second kappa shape index (κ2) is 8.43. The monoisotopic (exact) mass is 378 g/mol. The van der Waals surface area contributed by atoms with Crippen LogP contribution in [0.1, 0.15) is 15.9 Å². The van der Waals surface area contributed by atoms with Crippen LogP contribution in [-0.4, -0.2) is 55.0 Å². The molecule has 1 fully saturated rings. The fourth-order valence-corrected chi connectivity index (χ4v) is 2.96. The average Bonchev–Trinajstić information content (AvgIpc) is 2.68. The van der Waals surface area contributed by atoms with Crippen LogP contribution in [0.25, 0.3) is 0 Å². The van der Waals surface area contributed by atoms with E-state index in [1.807, 2.05) is 31.2 Å². The minimum absolute atomic E-state index is 0.391. The maximum absolute atomic E-state index is 13.8. The van der Waals surface area contributed by atoms with Gasteiger partial charge in [-0.25, -0.2) is 13.2 Å². The lowest BCUT2D eigenvalue weighted by molar-refractivity contribution is 0.0614. The third-order valence-corrected chi connectivity index (χ3v) is 4.62. The highest BCUT2D eigenvalue weighted by atomic mass is 19.2. The maximum atomic E-state index is 13.8. The highest BCUT2D eigenvalue weighted by Crippen LogP contribution is 2.18. The molecule has 7 heteroatoms. The van der Waals surface area contributed by atoms with Gasteiger partial charge in [0, 0.05) is 32.7 Å². The van der Waals surface area contributed by atoms with Crippen LogP contribution in [0.15, 0.2) is 36.4 Å². The lowest BCUT2D eigenvalue weighted by Crippen LogP contribution is -2.49. The van der Waals surface area contributed by atoms with Crippen molar-refractivity contribution in [2.45, 2.75) is 6.92 Å². The van der Waals surface area contributed by atoms with Crippen LogP contribution in [-0.2, 0) is 0 Å². The highest BCUT2D eigenvalue weighted by molar-refractivity contribution is 5.94. The Morgan fingerprint density at radius 3 is 2.30 bits per heavy atom. The lowest BCUT2D eigenvalue weighted by Gasteiger charge is -2.34. The highest BCUT2D eigenvalue weighted by Gasteiger charge is 2.26. The van der Waals surface area contributed by atoms with E-state index in [2.05, 4.69) is 4.90 Å². The van der Waals surface area contributed by atoms with Gasteiger partial charge in [0.05, 0.1) is 5.56 Å². The van der Waals surface area contributed by atoms with Gasteiger partial charge in [-0.3, -0.25) is 9.69 Å². The summed E-state index contributed by atoms with van der Waals surface area (Å²) in [6.07, 6.45) is 0. The summed E-state index contributed by atoms with van der Waals surface area (Å²) in [7, 11) is 0. The van der Waals surface area contributed by atoms with Crippen molar-refractivity contribution in [3.8, 4) is 5.75 Å². The van der Waals surface area contributed by atoms with Crippen molar-refractivity contribution in [1.29, 1.82) is 0 Å².